The van der Waals surface area contributed by atoms with Crippen LogP contribution in [0.25, 0.3) is 10.9 Å². The van der Waals surface area contributed by atoms with Crippen LogP contribution in [0.15, 0.2) is 24.3 Å². The predicted molar refractivity (Wildman–Crippen MR) is 80.1 cm³/mol. The molecule has 0 bridgehead atoms. The van der Waals surface area contributed by atoms with Crippen LogP contribution in [-0.4, -0.2) is 34.8 Å². The number of aryl methyl sites for hydroxylation is 1. The van der Waals surface area contributed by atoms with Gasteiger partial charge in [0, 0.05) is 11.8 Å². The third-order valence-electron chi connectivity index (χ3n) is 4.49. The van der Waals surface area contributed by atoms with E-state index < -0.39 is 18.4 Å². The molecule has 3 atom stereocenters. The summed E-state index contributed by atoms with van der Waals surface area (Å²) in [5, 5.41) is 23.8. The lowest BCUT2D eigenvalue weighted by Gasteiger charge is -2.15. The van der Waals surface area contributed by atoms with E-state index in [-0.39, 0.29) is 5.91 Å². The van der Waals surface area contributed by atoms with E-state index in [1.807, 2.05) is 36.1 Å². The molecule has 1 fully saturated rings. The van der Waals surface area contributed by atoms with Crippen molar-refractivity contribution in [3.8, 4) is 0 Å². The Bertz CT molecular complexity index is 777. The first-order valence-electron chi connectivity index (χ1n) is 7.42. The number of aliphatic hydroxyl groups is 2. The van der Waals surface area contributed by atoms with Crippen LogP contribution in [0.4, 0.5) is 5.82 Å². The number of H-pyrrole nitrogens is 1. The van der Waals surface area contributed by atoms with Crippen LogP contribution in [0, 0.1) is 6.92 Å². The van der Waals surface area contributed by atoms with Crippen molar-refractivity contribution in [2.75, 3.05) is 11.4 Å². The first-order chi connectivity index (χ1) is 10.5. The molecule has 1 aromatic heterocycles. The van der Waals surface area contributed by atoms with Gasteiger partial charge in [0.1, 0.15) is 12.1 Å². The molecular formula is C16H18N3O3+. The molecule has 0 saturated carbocycles. The number of aromatic nitrogens is 1. The number of carbonyl (C=O) groups is 1. The van der Waals surface area contributed by atoms with Gasteiger partial charge < -0.3 is 15.5 Å². The summed E-state index contributed by atoms with van der Waals surface area (Å²) < 4.78 is 0. The second-order valence-corrected chi connectivity index (χ2v) is 6.13. The summed E-state index contributed by atoms with van der Waals surface area (Å²) in [6.45, 7) is 2.39. The Hall–Kier alpha value is -2.18. The molecule has 1 amide bonds. The summed E-state index contributed by atoms with van der Waals surface area (Å²) in [7, 11) is 0. The summed E-state index contributed by atoms with van der Waals surface area (Å²) in [6.07, 6.45) is -1.22. The molecular weight excluding hydrogens is 282 g/mol. The average Bonchev–Trinajstić information content (AvgIpc) is 2.84. The van der Waals surface area contributed by atoms with E-state index in [4.69, 9.17) is 0 Å². The van der Waals surface area contributed by atoms with Crippen LogP contribution < -0.4 is 15.2 Å². The molecule has 6 nitrogen and oxygen atoms in total. The minimum atomic E-state index is -1.05. The number of rotatable bonds is 0. The second kappa shape index (κ2) is 4.66. The highest BCUT2D eigenvalue weighted by atomic mass is 16.3. The van der Waals surface area contributed by atoms with Gasteiger partial charge in [-0.25, -0.2) is 9.88 Å². The molecule has 4 N–H and O–H groups in total. The number of amides is 1. The quantitative estimate of drug-likeness (QED) is 0.640. The van der Waals surface area contributed by atoms with Crippen molar-refractivity contribution in [2.45, 2.75) is 31.7 Å². The van der Waals surface area contributed by atoms with E-state index in [0.717, 1.165) is 16.5 Å². The lowest BCUT2D eigenvalue weighted by atomic mass is 10.1. The third-order valence-corrected chi connectivity index (χ3v) is 4.49. The predicted octanol–water partition coefficient (Wildman–Crippen LogP) is 0.0226. The minimum Gasteiger partial charge on any atom is -0.389 e. The van der Waals surface area contributed by atoms with Gasteiger partial charge in [0.25, 0.3) is 11.7 Å². The van der Waals surface area contributed by atoms with Crippen molar-refractivity contribution < 1.29 is 20.0 Å². The zero-order valence-corrected chi connectivity index (χ0v) is 12.2. The maximum Gasteiger partial charge on any atom is 0.283 e. The molecule has 2 aromatic rings. The first kappa shape index (κ1) is 13.5. The SMILES string of the molecule is Cc1ccc2[nH+]c3c(cc2c1)[C@H](O)NC(=O)[C@H]1C[C@H](O)CN31. The van der Waals surface area contributed by atoms with E-state index >= 15 is 0 Å². The molecule has 1 aromatic carbocycles. The molecule has 2 aliphatic heterocycles. The van der Waals surface area contributed by atoms with Crippen LogP contribution in [0.3, 0.4) is 0 Å². The Morgan fingerprint density at radius 2 is 2.14 bits per heavy atom. The number of carbonyl (C=O) groups excluding carboxylic acids is 1. The van der Waals surface area contributed by atoms with Gasteiger partial charge in [-0.1, -0.05) is 11.6 Å². The molecule has 114 valence electrons. The van der Waals surface area contributed by atoms with E-state index in [2.05, 4.69) is 10.3 Å². The molecule has 0 spiro atoms. The molecule has 6 heteroatoms. The highest BCUT2D eigenvalue weighted by Gasteiger charge is 2.47. The Labute approximate surface area is 127 Å². The fourth-order valence-corrected chi connectivity index (χ4v) is 3.42. The maximum atomic E-state index is 12.2. The van der Waals surface area contributed by atoms with Crippen LogP contribution in [0.1, 0.15) is 23.8 Å². The monoisotopic (exact) mass is 300 g/mol. The van der Waals surface area contributed by atoms with Crippen molar-refractivity contribution in [1.29, 1.82) is 0 Å². The molecule has 1 saturated heterocycles. The van der Waals surface area contributed by atoms with E-state index in [1.54, 1.807) is 0 Å². The Balaban J connectivity index is 1.94. The normalized spacial score (nSPS) is 27.3. The van der Waals surface area contributed by atoms with Gasteiger partial charge in [-0.2, -0.15) is 0 Å². The van der Waals surface area contributed by atoms with Gasteiger partial charge in [0.15, 0.2) is 12.3 Å². The summed E-state index contributed by atoms with van der Waals surface area (Å²) in [6, 6.07) is 7.47. The van der Waals surface area contributed by atoms with Crippen LogP contribution in [0.2, 0.25) is 0 Å². The summed E-state index contributed by atoms with van der Waals surface area (Å²) in [4.78, 5) is 17.4. The zero-order valence-electron chi connectivity index (χ0n) is 12.2. The van der Waals surface area contributed by atoms with Crippen LogP contribution in [-0.2, 0) is 4.79 Å². The van der Waals surface area contributed by atoms with Gasteiger partial charge in [0.2, 0.25) is 0 Å². The maximum absolute atomic E-state index is 12.2. The van der Waals surface area contributed by atoms with Crippen molar-refractivity contribution in [3.63, 3.8) is 0 Å². The molecule has 4 rings (SSSR count). The number of aliphatic hydroxyl groups excluding tert-OH is 2. The van der Waals surface area contributed by atoms with Gasteiger partial charge in [-0.05, 0) is 25.1 Å². The highest BCUT2D eigenvalue weighted by Crippen LogP contribution is 2.33. The Morgan fingerprint density at radius 1 is 1.32 bits per heavy atom. The third kappa shape index (κ3) is 1.95. The van der Waals surface area contributed by atoms with Crippen molar-refractivity contribution in [2.24, 2.45) is 0 Å². The number of hydrogen-bond acceptors (Lipinski definition) is 4. The minimum absolute atomic E-state index is 0.256. The fourth-order valence-electron chi connectivity index (χ4n) is 3.42. The van der Waals surface area contributed by atoms with Crippen LogP contribution >= 0.6 is 0 Å². The average molecular weight is 300 g/mol. The fraction of sp³-hybridized carbons (Fsp3) is 0.375. The van der Waals surface area contributed by atoms with Crippen LogP contribution in [0.5, 0.6) is 0 Å². The number of nitrogens with zero attached hydrogens (tertiary/aromatic N) is 1. The van der Waals surface area contributed by atoms with Gasteiger partial charge >= 0.3 is 0 Å². The summed E-state index contributed by atoms with van der Waals surface area (Å²) in [5.41, 5.74) is 2.69. The van der Waals surface area contributed by atoms with Crippen molar-refractivity contribution in [1.82, 2.24) is 5.32 Å². The standard InChI is InChI=1S/C16H17N3O3/c1-8-2-3-12-9(4-8)5-11-14(17-12)19-7-10(20)6-13(19)16(22)18-15(11)21/h2-5,10,13,15,20-21H,6-7H2,1H3,(H,18,22)/p+1/t10-,13+,15-/m0/s1. The topological polar surface area (TPSA) is 86.9 Å². The van der Waals surface area contributed by atoms with E-state index in [1.165, 1.54) is 0 Å². The van der Waals surface area contributed by atoms with Crippen molar-refractivity contribution >= 4 is 22.6 Å². The van der Waals surface area contributed by atoms with E-state index in [9.17, 15) is 15.0 Å². The Morgan fingerprint density at radius 3 is 2.95 bits per heavy atom. The number of aromatic amines is 1. The second-order valence-electron chi connectivity index (χ2n) is 6.13. The molecule has 3 heterocycles. The largest absolute Gasteiger partial charge is 0.389 e. The van der Waals surface area contributed by atoms with Gasteiger partial charge in [0.05, 0.1) is 11.7 Å². The Kier molecular flexibility index (Phi) is 2.85. The smallest absolute Gasteiger partial charge is 0.283 e. The number of pyridine rings is 1. The molecule has 0 aliphatic carbocycles. The lowest BCUT2D eigenvalue weighted by Crippen LogP contribution is -2.42. The van der Waals surface area contributed by atoms with E-state index in [0.29, 0.717) is 24.3 Å². The molecule has 2 aliphatic rings. The first-order valence-corrected chi connectivity index (χ1v) is 7.42. The van der Waals surface area contributed by atoms with Gasteiger partial charge in [-0.15, -0.1) is 0 Å². The highest BCUT2D eigenvalue weighted by molar-refractivity contribution is 5.88. The lowest BCUT2D eigenvalue weighted by molar-refractivity contribution is -0.331. The number of hydrogen-bond donors (Lipinski definition) is 3. The number of anilines is 1. The van der Waals surface area contributed by atoms with Gasteiger partial charge in [-0.3, -0.25) is 4.79 Å². The summed E-state index contributed by atoms with van der Waals surface area (Å²) in [5.74, 6) is 0.442. The van der Waals surface area contributed by atoms with Crippen molar-refractivity contribution in [3.05, 3.63) is 35.4 Å². The number of nitrogens with one attached hydrogen (secondary N) is 2. The number of benzene rings is 1. The summed E-state index contributed by atoms with van der Waals surface area (Å²) >= 11 is 0. The molecule has 0 radical (unpaired) electrons. The number of fused-ring (bicyclic) bond motifs is 4. The molecule has 0 unspecified atom stereocenters. The zero-order chi connectivity index (χ0) is 15.4. The molecule has 22 heavy (non-hydrogen) atoms.